The van der Waals surface area contributed by atoms with Crippen molar-refractivity contribution in [1.29, 1.82) is 0 Å². The minimum Gasteiger partial charge on any atom is -0.486 e. The van der Waals surface area contributed by atoms with Crippen molar-refractivity contribution >= 4 is 40.2 Å². The predicted molar refractivity (Wildman–Crippen MR) is 111 cm³/mol. The van der Waals surface area contributed by atoms with Gasteiger partial charge in [-0.1, -0.05) is 6.07 Å². The zero-order chi connectivity index (χ0) is 20.2. The third kappa shape index (κ3) is 4.58. The number of fused-ring (bicyclic) bond motifs is 1. The number of thiophene rings is 2. The third-order valence-corrected chi connectivity index (χ3v) is 6.26. The summed E-state index contributed by atoms with van der Waals surface area (Å²) in [5.41, 5.74) is 0.451. The molecule has 0 saturated carbocycles. The van der Waals surface area contributed by atoms with Gasteiger partial charge >= 0.3 is 11.8 Å². The Labute approximate surface area is 174 Å². The Morgan fingerprint density at radius 3 is 2.66 bits per heavy atom. The predicted octanol–water partition coefficient (Wildman–Crippen LogP) is 2.92. The highest BCUT2D eigenvalue weighted by Gasteiger charge is 2.18. The number of carbonyl (C=O) groups excluding carboxylic acids is 2. The largest absolute Gasteiger partial charge is 0.486 e. The fourth-order valence-corrected chi connectivity index (χ4v) is 4.54. The van der Waals surface area contributed by atoms with Crippen LogP contribution in [-0.4, -0.2) is 30.1 Å². The summed E-state index contributed by atoms with van der Waals surface area (Å²) in [5.74, 6) is -0.368. The van der Waals surface area contributed by atoms with E-state index in [1.807, 2.05) is 29.6 Å². The number of amides is 2. The van der Waals surface area contributed by atoms with Crippen molar-refractivity contribution in [1.82, 2.24) is 5.32 Å². The summed E-state index contributed by atoms with van der Waals surface area (Å²) in [5, 5.41) is 17.4. The van der Waals surface area contributed by atoms with Crippen LogP contribution in [-0.2, 0) is 16.1 Å². The minimum absolute atomic E-state index is 0.204. The number of anilines is 1. The molecule has 2 aromatic heterocycles. The van der Waals surface area contributed by atoms with E-state index in [4.69, 9.17) is 9.47 Å². The molecule has 150 valence electrons. The van der Waals surface area contributed by atoms with Crippen molar-refractivity contribution in [3.8, 4) is 11.5 Å². The van der Waals surface area contributed by atoms with Crippen molar-refractivity contribution < 1.29 is 24.2 Å². The van der Waals surface area contributed by atoms with Gasteiger partial charge < -0.3 is 25.2 Å². The molecule has 0 fully saturated rings. The van der Waals surface area contributed by atoms with Crippen LogP contribution in [0.1, 0.15) is 20.7 Å². The van der Waals surface area contributed by atoms with Crippen LogP contribution in [0.4, 0.5) is 5.69 Å². The van der Waals surface area contributed by atoms with Crippen molar-refractivity contribution in [2.45, 2.75) is 12.6 Å². The average Bonchev–Trinajstić information content (AvgIpc) is 3.43. The molecule has 2 amide bonds. The van der Waals surface area contributed by atoms with E-state index in [1.54, 1.807) is 18.2 Å². The first kappa shape index (κ1) is 19.4. The van der Waals surface area contributed by atoms with E-state index in [9.17, 15) is 14.7 Å². The van der Waals surface area contributed by atoms with Crippen LogP contribution in [0.25, 0.3) is 0 Å². The SMILES string of the molecule is O=C(NCc1ccc([C@H](O)c2cccs2)s1)C(=O)Nc1ccc2c(c1)OCCO2. The van der Waals surface area contributed by atoms with E-state index in [0.717, 1.165) is 14.6 Å². The molecule has 3 N–H and O–H groups in total. The number of rotatable bonds is 5. The van der Waals surface area contributed by atoms with Gasteiger partial charge in [-0.15, -0.1) is 22.7 Å². The number of nitrogens with one attached hydrogen (secondary N) is 2. The van der Waals surface area contributed by atoms with Gasteiger partial charge in [-0.05, 0) is 35.7 Å². The lowest BCUT2D eigenvalue weighted by atomic mass is 10.2. The first-order chi connectivity index (χ1) is 14.1. The molecule has 0 aliphatic carbocycles. The molecule has 7 nitrogen and oxygen atoms in total. The standard InChI is InChI=1S/C20H18N2O5S2/c23-18(16-2-1-9-28-16)17-6-4-13(29-17)11-21-19(24)20(25)22-12-3-5-14-15(10-12)27-8-7-26-14/h1-6,9-10,18,23H,7-8,11H2,(H,21,24)(H,22,25)/t18-/m1/s1. The molecule has 3 aromatic rings. The summed E-state index contributed by atoms with van der Waals surface area (Å²) in [7, 11) is 0. The maximum absolute atomic E-state index is 12.1. The van der Waals surface area contributed by atoms with Crippen LogP contribution in [0.3, 0.4) is 0 Å². The quantitative estimate of drug-likeness (QED) is 0.541. The van der Waals surface area contributed by atoms with Crippen LogP contribution in [0.15, 0.2) is 47.8 Å². The summed E-state index contributed by atoms with van der Waals surface area (Å²) < 4.78 is 10.9. The maximum atomic E-state index is 12.1. The molecule has 0 bridgehead atoms. The fraction of sp³-hybridized carbons (Fsp3) is 0.200. The molecule has 4 rings (SSSR count). The molecule has 1 aromatic carbocycles. The lowest BCUT2D eigenvalue weighted by molar-refractivity contribution is -0.136. The van der Waals surface area contributed by atoms with E-state index in [0.29, 0.717) is 30.4 Å². The Morgan fingerprint density at radius 2 is 1.86 bits per heavy atom. The summed E-state index contributed by atoms with van der Waals surface area (Å²) in [6.07, 6.45) is -0.678. The van der Waals surface area contributed by atoms with Gasteiger partial charge in [0, 0.05) is 26.4 Å². The molecule has 29 heavy (non-hydrogen) atoms. The van der Waals surface area contributed by atoms with E-state index in [1.165, 1.54) is 22.7 Å². The molecule has 9 heteroatoms. The Kier molecular flexibility index (Phi) is 5.79. The first-order valence-corrected chi connectivity index (χ1v) is 10.6. The van der Waals surface area contributed by atoms with Crippen LogP contribution < -0.4 is 20.1 Å². The topological polar surface area (TPSA) is 96.9 Å². The van der Waals surface area contributed by atoms with Crippen molar-refractivity contribution in [3.05, 3.63) is 62.5 Å². The smallest absolute Gasteiger partial charge is 0.313 e. The van der Waals surface area contributed by atoms with Crippen LogP contribution >= 0.6 is 22.7 Å². The van der Waals surface area contributed by atoms with Gasteiger partial charge in [0.05, 0.1) is 6.54 Å². The molecule has 1 atom stereocenters. The monoisotopic (exact) mass is 430 g/mol. The van der Waals surface area contributed by atoms with Gasteiger partial charge in [-0.2, -0.15) is 0 Å². The Balaban J connectivity index is 1.31. The molecular formula is C20H18N2O5S2. The van der Waals surface area contributed by atoms with Gasteiger partial charge in [0.25, 0.3) is 0 Å². The lowest BCUT2D eigenvalue weighted by Gasteiger charge is -2.18. The number of hydrogen-bond donors (Lipinski definition) is 3. The molecular weight excluding hydrogens is 412 g/mol. The molecule has 1 aliphatic heterocycles. The van der Waals surface area contributed by atoms with Crippen LogP contribution in [0, 0.1) is 0 Å². The Bertz CT molecular complexity index is 1020. The zero-order valence-corrected chi connectivity index (χ0v) is 16.8. The van der Waals surface area contributed by atoms with E-state index in [2.05, 4.69) is 10.6 Å². The molecule has 0 unspecified atom stereocenters. The number of carbonyl (C=O) groups is 2. The van der Waals surface area contributed by atoms with Gasteiger partial charge in [0.2, 0.25) is 0 Å². The van der Waals surface area contributed by atoms with Crippen LogP contribution in [0.5, 0.6) is 11.5 Å². The number of aliphatic hydroxyl groups excluding tert-OH is 1. The second-order valence-corrected chi connectivity index (χ2v) is 8.40. The number of aliphatic hydroxyl groups is 1. The minimum atomic E-state index is -0.767. The highest BCUT2D eigenvalue weighted by atomic mass is 32.1. The summed E-state index contributed by atoms with van der Waals surface area (Å²) in [6.45, 7) is 1.12. The summed E-state index contributed by atoms with van der Waals surface area (Å²) in [4.78, 5) is 26.8. The average molecular weight is 431 g/mol. The zero-order valence-electron chi connectivity index (χ0n) is 15.2. The third-order valence-electron chi connectivity index (χ3n) is 4.19. The Morgan fingerprint density at radius 1 is 1.03 bits per heavy atom. The molecule has 0 spiro atoms. The van der Waals surface area contributed by atoms with Crippen molar-refractivity contribution in [3.63, 3.8) is 0 Å². The number of benzene rings is 1. The van der Waals surface area contributed by atoms with Crippen molar-refractivity contribution in [2.75, 3.05) is 18.5 Å². The van der Waals surface area contributed by atoms with Gasteiger partial charge in [0.15, 0.2) is 11.5 Å². The van der Waals surface area contributed by atoms with Crippen molar-refractivity contribution in [2.24, 2.45) is 0 Å². The molecule has 0 radical (unpaired) electrons. The highest BCUT2D eigenvalue weighted by Crippen LogP contribution is 2.33. The summed E-state index contributed by atoms with van der Waals surface area (Å²) in [6, 6.07) is 12.4. The van der Waals surface area contributed by atoms with E-state index in [-0.39, 0.29) is 6.54 Å². The molecule has 0 saturated heterocycles. The number of ether oxygens (including phenoxy) is 2. The normalized spacial score (nSPS) is 13.6. The lowest BCUT2D eigenvalue weighted by Crippen LogP contribution is -2.34. The molecule has 1 aliphatic rings. The van der Waals surface area contributed by atoms with E-state index < -0.39 is 17.9 Å². The second kappa shape index (κ2) is 8.64. The summed E-state index contributed by atoms with van der Waals surface area (Å²) >= 11 is 2.88. The van der Waals surface area contributed by atoms with Gasteiger partial charge in [-0.3, -0.25) is 9.59 Å². The maximum Gasteiger partial charge on any atom is 0.313 e. The fourth-order valence-electron chi connectivity index (χ4n) is 2.78. The van der Waals surface area contributed by atoms with Crippen LogP contribution in [0.2, 0.25) is 0 Å². The first-order valence-electron chi connectivity index (χ1n) is 8.89. The molecule has 3 heterocycles. The van der Waals surface area contributed by atoms with Gasteiger partial charge in [0.1, 0.15) is 19.3 Å². The number of hydrogen-bond acceptors (Lipinski definition) is 7. The Hall–Kier alpha value is -2.88. The van der Waals surface area contributed by atoms with E-state index >= 15 is 0 Å². The second-order valence-electron chi connectivity index (χ2n) is 6.22. The highest BCUT2D eigenvalue weighted by molar-refractivity contribution is 7.12. The van der Waals surface area contributed by atoms with Gasteiger partial charge in [-0.25, -0.2) is 0 Å².